The first-order valence-corrected chi connectivity index (χ1v) is 8.83. The third kappa shape index (κ3) is 5.84. The number of benzene rings is 1. The van der Waals surface area contributed by atoms with Crippen molar-refractivity contribution in [3.05, 3.63) is 29.6 Å². The second-order valence-corrected chi connectivity index (χ2v) is 7.58. The number of nitrogens with one attached hydrogen (secondary N) is 2. The Morgan fingerprint density at radius 1 is 1.41 bits per heavy atom. The highest BCUT2D eigenvalue weighted by molar-refractivity contribution is 5.85. The summed E-state index contributed by atoms with van der Waals surface area (Å²) in [6, 6.07) is 5.22. The van der Waals surface area contributed by atoms with E-state index in [0.717, 1.165) is 0 Å². The molecule has 2 atom stereocenters. The van der Waals surface area contributed by atoms with Crippen LogP contribution in [0.4, 0.5) is 14.9 Å². The summed E-state index contributed by atoms with van der Waals surface area (Å²) in [5.74, 6) is -0.770. The van der Waals surface area contributed by atoms with Crippen LogP contribution in [0.5, 0.6) is 0 Å². The Morgan fingerprint density at radius 3 is 2.74 bits per heavy atom. The van der Waals surface area contributed by atoms with Gasteiger partial charge in [0.1, 0.15) is 23.5 Å². The van der Waals surface area contributed by atoms with Gasteiger partial charge in [-0.05, 0) is 52.3 Å². The van der Waals surface area contributed by atoms with Gasteiger partial charge in [-0.25, -0.2) is 9.18 Å². The third-order valence-electron chi connectivity index (χ3n) is 4.08. The Hall–Kier alpha value is -2.82. The molecule has 0 bridgehead atoms. The van der Waals surface area contributed by atoms with Gasteiger partial charge in [-0.1, -0.05) is 0 Å². The molecule has 2 rings (SSSR count). The van der Waals surface area contributed by atoms with E-state index in [1.165, 1.54) is 12.1 Å². The van der Waals surface area contributed by atoms with E-state index in [0.29, 0.717) is 25.2 Å². The van der Waals surface area contributed by atoms with Crippen molar-refractivity contribution < 1.29 is 18.7 Å². The monoisotopic (exact) mass is 376 g/mol. The van der Waals surface area contributed by atoms with Crippen LogP contribution in [-0.2, 0) is 9.53 Å². The van der Waals surface area contributed by atoms with Crippen LogP contribution >= 0.6 is 0 Å². The largest absolute Gasteiger partial charge is 0.444 e. The number of alkyl carbamates (subject to hydrolysis) is 1. The molecule has 1 aromatic carbocycles. The number of carbonyl (C=O) groups is 2. The molecule has 0 aliphatic carbocycles. The lowest BCUT2D eigenvalue weighted by molar-refractivity contribution is -0.123. The van der Waals surface area contributed by atoms with Gasteiger partial charge in [0.15, 0.2) is 0 Å². The smallest absolute Gasteiger partial charge is 0.408 e. The van der Waals surface area contributed by atoms with Crippen LogP contribution in [0.15, 0.2) is 18.2 Å². The third-order valence-corrected chi connectivity index (χ3v) is 4.08. The Kier molecular flexibility index (Phi) is 6.26. The van der Waals surface area contributed by atoms with Crippen LogP contribution in [0.2, 0.25) is 0 Å². The lowest BCUT2D eigenvalue weighted by Gasteiger charge is -2.23. The summed E-state index contributed by atoms with van der Waals surface area (Å²) in [6.45, 7) is 7.96. The lowest BCUT2D eigenvalue weighted by atomic mass is 10.1. The lowest BCUT2D eigenvalue weighted by Crippen LogP contribution is -2.49. The number of anilines is 1. The summed E-state index contributed by atoms with van der Waals surface area (Å²) >= 11 is 0. The van der Waals surface area contributed by atoms with Crippen molar-refractivity contribution >= 4 is 17.7 Å². The standard InChI is InChI=1S/C19H25FN4O3/c1-12(22-18(26)27-19(2,3)4)17(25)23-15-7-8-24(11-15)16-6-5-14(20)9-13(16)10-21/h5-6,9,12,15H,7-8,11H2,1-4H3,(H,22,26)(H,23,25)/t12-,15-/m0/s1. The quantitative estimate of drug-likeness (QED) is 0.841. The molecule has 0 aromatic heterocycles. The van der Waals surface area contributed by atoms with Gasteiger partial charge in [-0.2, -0.15) is 5.26 Å². The van der Waals surface area contributed by atoms with Gasteiger partial charge >= 0.3 is 6.09 Å². The molecule has 0 radical (unpaired) electrons. The topological polar surface area (TPSA) is 94.5 Å². The molecule has 8 heteroatoms. The summed E-state index contributed by atoms with van der Waals surface area (Å²) < 4.78 is 18.4. The zero-order chi connectivity index (χ0) is 20.2. The maximum Gasteiger partial charge on any atom is 0.408 e. The molecule has 1 fully saturated rings. The molecular weight excluding hydrogens is 351 g/mol. The highest BCUT2D eigenvalue weighted by Crippen LogP contribution is 2.25. The summed E-state index contributed by atoms with van der Waals surface area (Å²) in [5.41, 5.74) is 0.275. The first-order chi connectivity index (χ1) is 12.6. The van der Waals surface area contributed by atoms with Gasteiger partial charge in [-0.15, -0.1) is 0 Å². The number of amides is 2. The van der Waals surface area contributed by atoms with E-state index < -0.39 is 23.6 Å². The molecule has 0 unspecified atom stereocenters. The summed E-state index contributed by atoms with van der Waals surface area (Å²) in [4.78, 5) is 26.0. The number of hydrogen-bond acceptors (Lipinski definition) is 5. The number of halogens is 1. The first kappa shape index (κ1) is 20.5. The van der Waals surface area contributed by atoms with Crippen LogP contribution < -0.4 is 15.5 Å². The summed E-state index contributed by atoms with van der Waals surface area (Å²) in [7, 11) is 0. The van der Waals surface area contributed by atoms with Crippen molar-refractivity contribution in [2.75, 3.05) is 18.0 Å². The Balaban J connectivity index is 1.90. The van der Waals surface area contributed by atoms with Crippen molar-refractivity contribution in [3.63, 3.8) is 0 Å². The zero-order valence-corrected chi connectivity index (χ0v) is 16.0. The molecule has 146 valence electrons. The minimum absolute atomic E-state index is 0.128. The molecule has 1 aliphatic heterocycles. The highest BCUT2D eigenvalue weighted by atomic mass is 19.1. The fourth-order valence-corrected chi connectivity index (χ4v) is 2.85. The fourth-order valence-electron chi connectivity index (χ4n) is 2.85. The van der Waals surface area contributed by atoms with Crippen molar-refractivity contribution in [1.82, 2.24) is 10.6 Å². The molecule has 0 spiro atoms. The van der Waals surface area contributed by atoms with Crippen LogP contribution in [0.1, 0.15) is 39.7 Å². The Labute approximate surface area is 158 Å². The molecule has 1 saturated heterocycles. The van der Waals surface area contributed by atoms with Gasteiger partial charge in [0.25, 0.3) is 0 Å². The van der Waals surface area contributed by atoms with Gasteiger partial charge < -0.3 is 20.3 Å². The Morgan fingerprint density at radius 2 is 2.11 bits per heavy atom. The van der Waals surface area contributed by atoms with Gasteiger partial charge in [0, 0.05) is 19.1 Å². The van der Waals surface area contributed by atoms with Crippen molar-refractivity contribution in [3.8, 4) is 6.07 Å². The predicted molar refractivity (Wildman–Crippen MR) is 98.7 cm³/mol. The van der Waals surface area contributed by atoms with Crippen LogP contribution in [-0.4, -0.2) is 42.8 Å². The molecule has 1 aliphatic rings. The molecule has 2 N–H and O–H groups in total. The molecule has 0 saturated carbocycles. The number of rotatable bonds is 4. The van der Waals surface area contributed by atoms with Crippen LogP contribution in [0, 0.1) is 17.1 Å². The molecule has 1 aromatic rings. The SMILES string of the molecule is C[C@H](NC(=O)OC(C)(C)C)C(=O)N[C@H]1CCN(c2ccc(F)cc2C#N)C1. The molecule has 27 heavy (non-hydrogen) atoms. The average Bonchev–Trinajstić information content (AvgIpc) is 3.00. The van der Waals surface area contributed by atoms with E-state index >= 15 is 0 Å². The van der Waals surface area contributed by atoms with E-state index in [-0.39, 0.29) is 17.5 Å². The van der Waals surface area contributed by atoms with E-state index in [9.17, 15) is 19.2 Å². The Bertz CT molecular complexity index is 754. The molecule has 7 nitrogen and oxygen atoms in total. The number of carbonyl (C=O) groups excluding carboxylic acids is 2. The van der Waals surface area contributed by atoms with Gasteiger partial charge in [0.2, 0.25) is 5.91 Å². The minimum atomic E-state index is -0.741. The van der Waals surface area contributed by atoms with E-state index in [1.54, 1.807) is 33.8 Å². The number of nitrogens with zero attached hydrogens (tertiary/aromatic N) is 2. The van der Waals surface area contributed by atoms with Crippen molar-refractivity contribution in [2.45, 2.75) is 51.8 Å². The minimum Gasteiger partial charge on any atom is -0.444 e. The molecule has 1 heterocycles. The normalized spacial score (nSPS) is 17.8. The van der Waals surface area contributed by atoms with E-state index in [4.69, 9.17) is 4.74 Å². The van der Waals surface area contributed by atoms with Crippen molar-refractivity contribution in [1.29, 1.82) is 5.26 Å². The maximum absolute atomic E-state index is 13.3. The average molecular weight is 376 g/mol. The van der Waals surface area contributed by atoms with E-state index in [2.05, 4.69) is 10.6 Å². The second kappa shape index (κ2) is 8.25. The van der Waals surface area contributed by atoms with E-state index in [1.807, 2.05) is 11.0 Å². The molecule has 2 amide bonds. The van der Waals surface area contributed by atoms with Crippen LogP contribution in [0.25, 0.3) is 0 Å². The molecular formula is C19H25FN4O3. The fraction of sp³-hybridized carbons (Fsp3) is 0.526. The number of ether oxygens (including phenoxy) is 1. The number of hydrogen-bond donors (Lipinski definition) is 2. The maximum atomic E-state index is 13.3. The van der Waals surface area contributed by atoms with Gasteiger partial charge in [-0.3, -0.25) is 4.79 Å². The first-order valence-electron chi connectivity index (χ1n) is 8.83. The predicted octanol–water partition coefficient (Wildman–Crippen LogP) is 2.31. The highest BCUT2D eigenvalue weighted by Gasteiger charge is 2.28. The number of nitriles is 1. The zero-order valence-electron chi connectivity index (χ0n) is 16.0. The summed E-state index contributed by atoms with van der Waals surface area (Å²) in [5, 5.41) is 14.6. The van der Waals surface area contributed by atoms with Crippen molar-refractivity contribution in [2.24, 2.45) is 0 Å². The summed E-state index contributed by atoms with van der Waals surface area (Å²) in [6.07, 6.45) is 0.0378. The van der Waals surface area contributed by atoms with Gasteiger partial charge in [0.05, 0.1) is 11.3 Å². The van der Waals surface area contributed by atoms with Crippen LogP contribution in [0.3, 0.4) is 0 Å². The second-order valence-electron chi connectivity index (χ2n) is 7.58.